The fraction of sp³-hybridized carbons (Fsp3) is 0.500. The first-order chi connectivity index (χ1) is 8.78. The van der Waals surface area contributed by atoms with Gasteiger partial charge in [0.05, 0.1) is 16.7 Å². The highest BCUT2D eigenvalue weighted by Gasteiger charge is 2.31. The van der Waals surface area contributed by atoms with Gasteiger partial charge in [-0.05, 0) is 39.0 Å². The van der Waals surface area contributed by atoms with Crippen LogP contribution in [-0.4, -0.2) is 30.6 Å². The van der Waals surface area contributed by atoms with E-state index in [0.29, 0.717) is 10.6 Å². The van der Waals surface area contributed by atoms with Gasteiger partial charge in [0.25, 0.3) is 0 Å². The zero-order valence-electron chi connectivity index (χ0n) is 11.5. The van der Waals surface area contributed by atoms with E-state index >= 15 is 0 Å². The highest BCUT2D eigenvalue weighted by Crippen LogP contribution is 2.29. The zero-order chi connectivity index (χ0) is 14.2. The van der Waals surface area contributed by atoms with Crippen LogP contribution in [0.1, 0.15) is 26.3 Å². The molecule has 1 aromatic carbocycles. The number of morpholine rings is 1. The van der Waals surface area contributed by atoms with Crippen molar-refractivity contribution in [2.45, 2.75) is 32.5 Å². The van der Waals surface area contributed by atoms with Crippen molar-refractivity contribution >= 4 is 23.1 Å². The number of nitrogens with zero attached hydrogens (tertiary/aromatic N) is 1. The number of amidine groups is 1. The lowest BCUT2D eigenvalue weighted by atomic mass is 10.0. The maximum atomic E-state index is 7.45. The van der Waals surface area contributed by atoms with Crippen molar-refractivity contribution in [3.8, 4) is 0 Å². The lowest BCUT2D eigenvalue weighted by Gasteiger charge is -2.43. The molecule has 1 fully saturated rings. The van der Waals surface area contributed by atoms with Crippen molar-refractivity contribution in [3.63, 3.8) is 0 Å². The third kappa shape index (κ3) is 3.19. The Labute approximate surface area is 119 Å². The van der Waals surface area contributed by atoms with E-state index < -0.39 is 0 Å². The second kappa shape index (κ2) is 5.02. The summed E-state index contributed by atoms with van der Waals surface area (Å²) < 4.78 is 5.89. The molecule has 1 unspecified atom stereocenters. The number of hydrogen-bond acceptors (Lipinski definition) is 3. The smallest absolute Gasteiger partial charge is 0.124 e. The van der Waals surface area contributed by atoms with Crippen LogP contribution in [0.2, 0.25) is 5.02 Å². The summed E-state index contributed by atoms with van der Waals surface area (Å²) in [6.07, 6.45) is 0.176. The standard InChI is InChI=1S/C14H20ClN3O/c1-9-7-18(8-14(2,3)19-9)10-4-5-11(13(16)17)12(15)6-10/h4-6,9H,7-8H2,1-3H3,(H3,16,17). The van der Waals surface area contributed by atoms with E-state index in [9.17, 15) is 0 Å². The summed E-state index contributed by atoms with van der Waals surface area (Å²) in [5.41, 5.74) is 6.91. The molecule has 4 nitrogen and oxygen atoms in total. The molecule has 1 aromatic rings. The summed E-state index contributed by atoms with van der Waals surface area (Å²) >= 11 is 6.17. The summed E-state index contributed by atoms with van der Waals surface area (Å²) in [4.78, 5) is 2.25. The third-order valence-electron chi connectivity index (χ3n) is 3.18. The van der Waals surface area contributed by atoms with Crippen molar-refractivity contribution in [3.05, 3.63) is 28.8 Å². The molecular formula is C14H20ClN3O. The molecule has 104 valence electrons. The van der Waals surface area contributed by atoms with Crippen LogP contribution in [0.3, 0.4) is 0 Å². The Morgan fingerprint density at radius 3 is 2.74 bits per heavy atom. The average molecular weight is 282 g/mol. The monoisotopic (exact) mass is 281 g/mol. The van der Waals surface area contributed by atoms with Crippen LogP contribution < -0.4 is 10.6 Å². The van der Waals surface area contributed by atoms with E-state index in [4.69, 9.17) is 27.5 Å². The minimum absolute atomic E-state index is 0.00720. The van der Waals surface area contributed by atoms with E-state index in [1.165, 1.54) is 0 Å². The second-order valence-electron chi connectivity index (χ2n) is 5.65. The molecule has 0 aromatic heterocycles. The predicted octanol–water partition coefficient (Wildman–Crippen LogP) is 2.63. The summed E-state index contributed by atoms with van der Waals surface area (Å²) in [5.74, 6) is -0.00720. The van der Waals surface area contributed by atoms with Crippen molar-refractivity contribution in [2.24, 2.45) is 5.73 Å². The Bertz CT molecular complexity index is 501. The molecule has 0 aliphatic carbocycles. The molecule has 1 atom stereocenters. The lowest BCUT2D eigenvalue weighted by molar-refractivity contribution is -0.0749. The van der Waals surface area contributed by atoms with E-state index in [1.54, 1.807) is 6.07 Å². The maximum absolute atomic E-state index is 7.45. The topological polar surface area (TPSA) is 62.3 Å². The minimum atomic E-state index is -0.177. The lowest BCUT2D eigenvalue weighted by Crippen LogP contribution is -2.52. The number of rotatable bonds is 2. The summed E-state index contributed by atoms with van der Waals surface area (Å²) in [6, 6.07) is 5.62. The molecular weight excluding hydrogens is 262 g/mol. The number of benzene rings is 1. The van der Waals surface area contributed by atoms with Gasteiger partial charge in [-0.2, -0.15) is 0 Å². The Hall–Kier alpha value is -1.26. The zero-order valence-corrected chi connectivity index (χ0v) is 12.3. The first kappa shape index (κ1) is 14.2. The van der Waals surface area contributed by atoms with Crippen LogP contribution in [0.4, 0.5) is 5.69 Å². The normalized spacial score (nSPS) is 22.3. The van der Waals surface area contributed by atoms with E-state index in [1.807, 2.05) is 12.1 Å². The van der Waals surface area contributed by atoms with Crippen LogP contribution in [0.15, 0.2) is 18.2 Å². The van der Waals surface area contributed by atoms with Gasteiger partial charge in [0.2, 0.25) is 0 Å². The molecule has 0 bridgehead atoms. The molecule has 3 N–H and O–H groups in total. The predicted molar refractivity (Wildman–Crippen MR) is 79.3 cm³/mol. The molecule has 0 radical (unpaired) electrons. The highest BCUT2D eigenvalue weighted by molar-refractivity contribution is 6.34. The van der Waals surface area contributed by atoms with Crippen molar-refractivity contribution in [2.75, 3.05) is 18.0 Å². The van der Waals surface area contributed by atoms with Crippen molar-refractivity contribution in [1.29, 1.82) is 5.41 Å². The van der Waals surface area contributed by atoms with Gasteiger partial charge in [0, 0.05) is 24.3 Å². The molecule has 1 aliphatic heterocycles. The molecule has 0 saturated carbocycles. The number of ether oxygens (including phenoxy) is 1. The molecule has 2 rings (SSSR count). The SMILES string of the molecule is CC1CN(c2ccc(C(=N)N)c(Cl)c2)CC(C)(C)O1. The first-order valence-electron chi connectivity index (χ1n) is 6.35. The van der Waals surface area contributed by atoms with Gasteiger partial charge < -0.3 is 15.4 Å². The van der Waals surface area contributed by atoms with Gasteiger partial charge in [-0.15, -0.1) is 0 Å². The van der Waals surface area contributed by atoms with E-state index in [0.717, 1.165) is 18.8 Å². The number of nitrogens with two attached hydrogens (primary N) is 1. The summed E-state index contributed by atoms with van der Waals surface area (Å²) in [5, 5.41) is 7.96. The molecule has 1 aliphatic rings. The molecule has 5 heteroatoms. The van der Waals surface area contributed by atoms with Crippen LogP contribution in [0.25, 0.3) is 0 Å². The Morgan fingerprint density at radius 1 is 1.53 bits per heavy atom. The number of nitrogens with one attached hydrogen (secondary N) is 1. The van der Waals surface area contributed by atoms with Gasteiger partial charge in [-0.1, -0.05) is 11.6 Å². The van der Waals surface area contributed by atoms with Crippen LogP contribution >= 0.6 is 11.6 Å². The Morgan fingerprint density at radius 2 is 2.21 bits per heavy atom. The molecule has 0 amide bonds. The first-order valence-corrected chi connectivity index (χ1v) is 6.73. The third-order valence-corrected chi connectivity index (χ3v) is 3.49. The van der Waals surface area contributed by atoms with E-state index in [2.05, 4.69) is 25.7 Å². The summed E-state index contributed by atoms with van der Waals surface area (Å²) in [7, 11) is 0. The highest BCUT2D eigenvalue weighted by atomic mass is 35.5. The van der Waals surface area contributed by atoms with E-state index in [-0.39, 0.29) is 17.5 Å². The average Bonchev–Trinajstić information content (AvgIpc) is 2.25. The number of hydrogen-bond donors (Lipinski definition) is 2. The van der Waals surface area contributed by atoms with Gasteiger partial charge in [-0.3, -0.25) is 5.41 Å². The van der Waals surface area contributed by atoms with Gasteiger partial charge >= 0.3 is 0 Å². The largest absolute Gasteiger partial charge is 0.384 e. The fourth-order valence-corrected chi connectivity index (χ4v) is 2.85. The Balaban J connectivity index is 2.27. The van der Waals surface area contributed by atoms with Crippen LogP contribution in [0, 0.1) is 5.41 Å². The molecule has 0 spiro atoms. The molecule has 1 heterocycles. The van der Waals surface area contributed by atoms with Gasteiger partial charge in [0.1, 0.15) is 5.84 Å². The summed E-state index contributed by atoms with van der Waals surface area (Å²) in [6.45, 7) is 7.88. The van der Waals surface area contributed by atoms with Crippen LogP contribution in [0.5, 0.6) is 0 Å². The molecule has 19 heavy (non-hydrogen) atoms. The maximum Gasteiger partial charge on any atom is 0.124 e. The fourth-order valence-electron chi connectivity index (χ4n) is 2.57. The number of halogens is 1. The van der Waals surface area contributed by atoms with Crippen molar-refractivity contribution in [1.82, 2.24) is 0 Å². The molecule has 1 saturated heterocycles. The van der Waals surface area contributed by atoms with Crippen LogP contribution in [-0.2, 0) is 4.74 Å². The minimum Gasteiger partial charge on any atom is -0.384 e. The van der Waals surface area contributed by atoms with Gasteiger partial charge in [-0.25, -0.2) is 0 Å². The Kier molecular flexibility index (Phi) is 3.74. The quantitative estimate of drug-likeness (QED) is 0.647. The second-order valence-corrected chi connectivity index (χ2v) is 6.05. The van der Waals surface area contributed by atoms with Crippen molar-refractivity contribution < 1.29 is 4.74 Å². The number of nitrogen functional groups attached to an aromatic ring is 1. The van der Waals surface area contributed by atoms with Gasteiger partial charge in [0.15, 0.2) is 0 Å². The number of anilines is 1.